The van der Waals surface area contributed by atoms with Gasteiger partial charge in [-0.2, -0.15) is 0 Å². The maximum atomic E-state index is 12.6. The summed E-state index contributed by atoms with van der Waals surface area (Å²) >= 11 is 0. The van der Waals surface area contributed by atoms with Crippen LogP contribution in [0, 0.1) is 0 Å². The summed E-state index contributed by atoms with van der Waals surface area (Å²) in [6.45, 7) is 0. The summed E-state index contributed by atoms with van der Waals surface area (Å²) in [5.41, 5.74) is 1.26. The van der Waals surface area contributed by atoms with E-state index >= 15 is 0 Å². The molecule has 0 radical (unpaired) electrons. The van der Waals surface area contributed by atoms with Gasteiger partial charge in [-0.25, -0.2) is 0 Å². The lowest BCUT2D eigenvalue weighted by Crippen LogP contribution is -2.30. The predicted molar refractivity (Wildman–Crippen MR) is 68.9 cm³/mol. The van der Waals surface area contributed by atoms with Gasteiger partial charge in [-0.15, -0.1) is 0 Å². The molecule has 1 aliphatic heterocycles. The molecule has 86 valence electrons. The lowest BCUT2D eigenvalue weighted by atomic mass is 9.96. The van der Waals surface area contributed by atoms with E-state index in [0.717, 1.165) is 21.7 Å². The predicted octanol–water partition coefficient (Wildman–Crippen LogP) is 1.28. The standard InChI is InChI=1S/C16H11NO/c18-15-13-7-3-1-5-11(13)9-16(15)10-12-6-2-4-8-14(12)17-16/h1-8,10H,9H2. The van der Waals surface area contributed by atoms with Crippen LogP contribution in [-0.4, -0.2) is 11.3 Å². The first kappa shape index (κ1) is 9.77. The zero-order valence-corrected chi connectivity index (χ0v) is 9.76. The molecule has 1 heterocycles. The van der Waals surface area contributed by atoms with Crippen molar-refractivity contribution in [1.82, 2.24) is 0 Å². The summed E-state index contributed by atoms with van der Waals surface area (Å²) in [5, 5.41) is 2.00. The number of para-hydroxylation sites is 1. The highest BCUT2D eigenvalue weighted by atomic mass is 16.1. The Morgan fingerprint density at radius 3 is 2.61 bits per heavy atom. The van der Waals surface area contributed by atoms with Gasteiger partial charge < -0.3 is 0 Å². The van der Waals surface area contributed by atoms with E-state index in [1.54, 1.807) is 0 Å². The fraction of sp³-hybridized carbons (Fsp3) is 0.125. The first-order chi connectivity index (χ1) is 8.78. The van der Waals surface area contributed by atoms with Crippen LogP contribution >= 0.6 is 0 Å². The lowest BCUT2D eigenvalue weighted by Gasteiger charge is -2.14. The fourth-order valence-electron chi connectivity index (χ4n) is 2.92. The monoisotopic (exact) mass is 233 g/mol. The highest BCUT2D eigenvalue weighted by Crippen LogP contribution is 2.34. The highest BCUT2D eigenvalue weighted by Gasteiger charge is 2.44. The molecule has 0 fully saturated rings. The topological polar surface area (TPSA) is 29.4 Å². The Bertz CT molecular complexity index is 754. The van der Waals surface area contributed by atoms with Crippen molar-refractivity contribution in [3.63, 3.8) is 0 Å². The van der Waals surface area contributed by atoms with E-state index < -0.39 is 5.54 Å². The molecular weight excluding hydrogens is 222 g/mol. The zero-order valence-electron chi connectivity index (χ0n) is 9.76. The normalized spacial score (nSPS) is 23.4. The van der Waals surface area contributed by atoms with Crippen molar-refractivity contribution in [3.8, 4) is 0 Å². The van der Waals surface area contributed by atoms with Gasteiger partial charge in [0.05, 0.1) is 5.36 Å². The van der Waals surface area contributed by atoms with Crippen molar-refractivity contribution in [3.05, 3.63) is 70.2 Å². The number of hydrogen-bond donors (Lipinski definition) is 0. The Balaban J connectivity index is 1.97. The minimum absolute atomic E-state index is 0.134. The number of ketones is 1. The second-order valence-corrected chi connectivity index (χ2v) is 4.90. The van der Waals surface area contributed by atoms with E-state index in [2.05, 4.69) is 4.99 Å². The van der Waals surface area contributed by atoms with Crippen molar-refractivity contribution in [1.29, 1.82) is 0 Å². The Hall–Kier alpha value is -2.22. The molecule has 0 saturated heterocycles. The van der Waals surface area contributed by atoms with Crippen LogP contribution < -0.4 is 10.6 Å². The fourth-order valence-corrected chi connectivity index (χ4v) is 2.92. The zero-order chi connectivity index (χ0) is 12.2. The Morgan fingerprint density at radius 1 is 1.00 bits per heavy atom. The van der Waals surface area contributed by atoms with Crippen molar-refractivity contribution >= 4 is 11.9 Å². The van der Waals surface area contributed by atoms with Gasteiger partial charge in [-0.3, -0.25) is 9.79 Å². The van der Waals surface area contributed by atoms with Crippen molar-refractivity contribution < 1.29 is 4.79 Å². The molecule has 0 aromatic heterocycles. The van der Waals surface area contributed by atoms with E-state index in [4.69, 9.17) is 0 Å². The molecule has 2 heteroatoms. The third-order valence-electron chi connectivity index (χ3n) is 3.77. The van der Waals surface area contributed by atoms with Crippen LogP contribution in [0.4, 0.5) is 0 Å². The maximum absolute atomic E-state index is 12.6. The maximum Gasteiger partial charge on any atom is 0.194 e. The van der Waals surface area contributed by atoms with Gasteiger partial charge in [0.25, 0.3) is 0 Å². The lowest BCUT2D eigenvalue weighted by molar-refractivity contribution is 0.0947. The van der Waals surface area contributed by atoms with Gasteiger partial charge in [0, 0.05) is 12.0 Å². The minimum Gasteiger partial charge on any atom is -0.291 e. The SMILES string of the molecule is O=C1c2ccccc2CC12C=c1ccccc1=N2. The number of carbonyl (C=O) groups is 1. The molecule has 2 aromatic rings. The number of hydrogen-bond acceptors (Lipinski definition) is 2. The summed E-state index contributed by atoms with van der Waals surface area (Å²) < 4.78 is 0. The molecule has 1 aliphatic carbocycles. The van der Waals surface area contributed by atoms with Crippen LogP contribution in [-0.2, 0) is 6.42 Å². The van der Waals surface area contributed by atoms with Gasteiger partial charge in [0.15, 0.2) is 5.78 Å². The van der Waals surface area contributed by atoms with E-state index in [1.807, 2.05) is 54.6 Å². The second-order valence-electron chi connectivity index (χ2n) is 4.90. The van der Waals surface area contributed by atoms with Crippen LogP contribution in [0.3, 0.4) is 0 Å². The quantitative estimate of drug-likeness (QED) is 0.674. The van der Waals surface area contributed by atoms with Gasteiger partial charge in [-0.1, -0.05) is 42.5 Å². The average molecular weight is 233 g/mol. The Kier molecular flexibility index (Phi) is 1.72. The third kappa shape index (κ3) is 1.12. The summed E-state index contributed by atoms with van der Waals surface area (Å²) in [7, 11) is 0. The summed E-state index contributed by atoms with van der Waals surface area (Å²) in [5.74, 6) is 0.134. The van der Waals surface area contributed by atoms with Crippen molar-refractivity contribution in [2.45, 2.75) is 12.0 Å². The van der Waals surface area contributed by atoms with E-state index in [-0.39, 0.29) is 5.78 Å². The molecule has 0 amide bonds. The summed E-state index contributed by atoms with van der Waals surface area (Å²) in [4.78, 5) is 17.2. The van der Waals surface area contributed by atoms with E-state index in [0.29, 0.717) is 6.42 Å². The number of nitrogens with zero attached hydrogens (tertiary/aromatic N) is 1. The molecule has 0 N–H and O–H groups in total. The first-order valence-electron chi connectivity index (χ1n) is 6.09. The molecule has 18 heavy (non-hydrogen) atoms. The van der Waals surface area contributed by atoms with Crippen LogP contribution in [0.5, 0.6) is 0 Å². The molecule has 2 aliphatic rings. The Labute approximate surface area is 104 Å². The van der Waals surface area contributed by atoms with Crippen molar-refractivity contribution in [2.24, 2.45) is 4.99 Å². The van der Waals surface area contributed by atoms with Gasteiger partial charge >= 0.3 is 0 Å². The van der Waals surface area contributed by atoms with Crippen molar-refractivity contribution in [2.75, 3.05) is 0 Å². The number of Topliss-reactive ketones (excluding diaryl/α,β-unsaturated/α-hetero) is 1. The van der Waals surface area contributed by atoms with Crippen LogP contribution in [0.1, 0.15) is 15.9 Å². The molecule has 1 spiro atoms. The summed E-state index contributed by atoms with van der Waals surface area (Å²) in [6, 6.07) is 15.7. The second kappa shape index (κ2) is 3.16. The Morgan fingerprint density at radius 2 is 1.78 bits per heavy atom. The molecule has 0 saturated carbocycles. The highest BCUT2D eigenvalue weighted by molar-refractivity contribution is 6.12. The molecule has 4 rings (SSSR count). The first-order valence-corrected chi connectivity index (χ1v) is 6.09. The van der Waals surface area contributed by atoms with Crippen LogP contribution in [0.25, 0.3) is 6.08 Å². The number of fused-ring (bicyclic) bond motifs is 2. The van der Waals surface area contributed by atoms with Gasteiger partial charge in [0.1, 0.15) is 5.54 Å². The molecule has 1 atom stereocenters. The third-order valence-corrected chi connectivity index (χ3v) is 3.77. The molecule has 2 nitrogen and oxygen atoms in total. The van der Waals surface area contributed by atoms with Gasteiger partial charge in [-0.05, 0) is 22.9 Å². The summed E-state index contributed by atoms with van der Waals surface area (Å²) in [6.07, 6.45) is 2.71. The van der Waals surface area contributed by atoms with Crippen LogP contribution in [0.2, 0.25) is 0 Å². The van der Waals surface area contributed by atoms with Crippen LogP contribution in [0.15, 0.2) is 53.5 Å². The smallest absolute Gasteiger partial charge is 0.194 e. The number of carbonyl (C=O) groups excluding carboxylic acids is 1. The average Bonchev–Trinajstić information content (AvgIpc) is 2.89. The molecule has 0 bridgehead atoms. The largest absolute Gasteiger partial charge is 0.291 e. The minimum atomic E-state index is -0.673. The molecule has 2 aromatic carbocycles. The van der Waals surface area contributed by atoms with E-state index in [1.165, 1.54) is 0 Å². The van der Waals surface area contributed by atoms with E-state index in [9.17, 15) is 4.79 Å². The number of rotatable bonds is 0. The number of benzene rings is 2. The molecular formula is C16H11NO. The molecule has 1 unspecified atom stereocenters. The van der Waals surface area contributed by atoms with Gasteiger partial charge in [0.2, 0.25) is 0 Å².